The lowest BCUT2D eigenvalue weighted by molar-refractivity contribution is 0.0500. The lowest BCUT2D eigenvalue weighted by Gasteiger charge is -2.34. The van der Waals surface area contributed by atoms with E-state index in [0.29, 0.717) is 37.5 Å². The van der Waals surface area contributed by atoms with Crippen LogP contribution in [0.3, 0.4) is 0 Å². The molecule has 28 heavy (non-hydrogen) atoms. The standard InChI is InChI=1S/C21H20N2O5/c24-20(18-7-4-13-26-18)22-9-11-23(12-10-22)21(25)19-16(8-14-27-19)15-28-17-5-2-1-3-6-17/h1-8,13-14H,9-12,15H2. The van der Waals surface area contributed by atoms with Crippen LogP contribution in [0.15, 0.2) is 69.9 Å². The molecule has 2 amide bonds. The van der Waals surface area contributed by atoms with E-state index in [-0.39, 0.29) is 24.2 Å². The van der Waals surface area contributed by atoms with Gasteiger partial charge in [-0.2, -0.15) is 0 Å². The third kappa shape index (κ3) is 3.78. The van der Waals surface area contributed by atoms with Crippen LogP contribution >= 0.6 is 0 Å². The second-order valence-corrected chi connectivity index (χ2v) is 6.44. The molecule has 0 atom stereocenters. The summed E-state index contributed by atoms with van der Waals surface area (Å²) in [6.45, 7) is 2.01. The highest BCUT2D eigenvalue weighted by atomic mass is 16.5. The van der Waals surface area contributed by atoms with Crippen LogP contribution in [0.5, 0.6) is 5.75 Å². The molecule has 0 aliphatic carbocycles. The van der Waals surface area contributed by atoms with Gasteiger partial charge in [0.05, 0.1) is 12.5 Å². The summed E-state index contributed by atoms with van der Waals surface area (Å²) in [6, 6.07) is 14.5. The van der Waals surface area contributed by atoms with Crippen molar-refractivity contribution in [1.29, 1.82) is 0 Å². The van der Waals surface area contributed by atoms with Crippen molar-refractivity contribution < 1.29 is 23.2 Å². The van der Waals surface area contributed by atoms with Crippen molar-refractivity contribution in [3.63, 3.8) is 0 Å². The first-order valence-corrected chi connectivity index (χ1v) is 9.08. The van der Waals surface area contributed by atoms with Crippen molar-refractivity contribution in [2.75, 3.05) is 26.2 Å². The highest BCUT2D eigenvalue weighted by Crippen LogP contribution is 2.19. The van der Waals surface area contributed by atoms with Gasteiger partial charge in [-0.25, -0.2) is 0 Å². The molecular weight excluding hydrogens is 360 g/mol. The van der Waals surface area contributed by atoms with Gasteiger partial charge in [0.2, 0.25) is 0 Å². The van der Waals surface area contributed by atoms with Crippen molar-refractivity contribution in [2.45, 2.75) is 6.61 Å². The molecule has 144 valence electrons. The van der Waals surface area contributed by atoms with E-state index in [0.717, 1.165) is 5.75 Å². The van der Waals surface area contributed by atoms with Crippen LogP contribution in [0.25, 0.3) is 0 Å². The lowest BCUT2D eigenvalue weighted by atomic mass is 10.2. The Morgan fingerprint density at radius 3 is 2.21 bits per heavy atom. The van der Waals surface area contributed by atoms with Gasteiger partial charge in [0.1, 0.15) is 12.4 Å². The molecule has 7 heteroatoms. The fourth-order valence-electron chi connectivity index (χ4n) is 3.13. The Bertz CT molecular complexity index is 925. The maximum Gasteiger partial charge on any atom is 0.290 e. The van der Waals surface area contributed by atoms with E-state index in [4.69, 9.17) is 13.6 Å². The maximum atomic E-state index is 12.9. The van der Waals surface area contributed by atoms with E-state index in [1.54, 1.807) is 28.0 Å². The van der Waals surface area contributed by atoms with Gasteiger partial charge >= 0.3 is 0 Å². The summed E-state index contributed by atoms with van der Waals surface area (Å²) in [6.07, 6.45) is 2.97. The number of carbonyl (C=O) groups excluding carboxylic acids is 2. The minimum atomic E-state index is -0.193. The average molecular weight is 380 g/mol. The summed E-state index contributed by atoms with van der Waals surface area (Å²) in [7, 11) is 0. The molecule has 1 aromatic carbocycles. The number of carbonyl (C=O) groups is 2. The first-order valence-electron chi connectivity index (χ1n) is 9.08. The van der Waals surface area contributed by atoms with Gasteiger partial charge in [0.15, 0.2) is 11.5 Å². The quantitative estimate of drug-likeness (QED) is 0.680. The summed E-state index contributed by atoms with van der Waals surface area (Å²) in [5.41, 5.74) is 0.697. The van der Waals surface area contributed by atoms with Gasteiger partial charge in [-0.15, -0.1) is 0 Å². The van der Waals surface area contributed by atoms with E-state index >= 15 is 0 Å². The fraction of sp³-hybridized carbons (Fsp3) is 0.238. The number of furan rings is 2. The summed E-state index contributed by atoms with van der Waals surface area (Å²) in [5, 5.41) is 0. The highest BCUT2D eigenvalue weighted by molar-refractivity contribution is 5.94. The molecule has 0 spiro atoms. The third-order valence-corrected chi connectivity index (χ3v) is 4.66. The lowest BCUT2D eigenvalue weighted by Crippen LogP contribution is -2.50. The summed E-state index contributed by atoms with van der Waals surface area (Å²) in [4.78, 5) is 28.6. The molecule has 0 N–H and O–H groups in total. The minimum absolute atomic E-state index is 0.160. The first-order chi connectivity index (χ1) is 13.7. The molecule has 1 fully saturated rings. The molecule has 0 radical (unpaired) electrons. The number of benzene rings is 1. The predicted molar refractivity (Wildman–Crippen MR) is 100.0 cm³/mol. The van der Waals surface area contributed by atoms with Crippen LogP contribution in [-0.4, -0.2) is 47.8 Å². The van der Waals surface area contributed by atoms with Crippen molar-refractivity contribution in [3.8, 4) is 5.75 Å². The largest absolute Gasteiger partial charge is 0.489 e. The van der Waals surface area contributed by atoms with Crippen LogP contribution in [-0.2, 0) is 6.61 Å². The summed E-state index contributed by atoms with van der Waals surface area (Å²) >= 11 is 0. The Hall–Kier alpha value is -3.48. The highest BCUT2D eigenvalue weighted by Gasteiger charge is 2.29. The zero-order valence-electron chi connectivity index (χ0n) is 15.2. The molecule has 1 aliphatic heterocycles. The minimum Gasteiger partial charge on any atom is -0.489 e. The van der Waals surface area contributed by atoms with Crippen LogP contribution < -0.4 is 4.74 Å². The number of rotatable bonds is 5. The SMILES string of the molecule is O=C(c1ccco1)N1CCN(C(=O)c2occc2COc2ccccc2)CC1. The number of hydrogen-bond acceptors (Lipinski definition) is 5. The maximum absolute atomic E-state index is 12.9. The number of para-hydroxylation sites is 1. The number of piperazine rings is 1. The molecule has 7 nitrogen and oxygen atoms in total. The van der Waals surface area contributed by atoms with Crippen molar-refractivity contribution >= 4 is 11.8 Å². The van der Waals surface area contributed by atoms with Crippen molar-refractivity contribution in [2.24, 2.45) is 0 Å². The average Bonchev–Trinajstić information content (AvgIpc) is 3.44. The Morgan fingerprint density at radius 1 is 0.821 bits per heavy atom. The summed E-state index contributed by atoms with van der Waals surface area (Å²) < 4.78 is 16.3. The molecule has 0 saturated carbocycles. The number of amides is 2. The molecule has 0 bridgehead atoms. The van der Waals surface area contributed by atoms with E-state index in [9.17, 15) is 9.59 Å². The van der Waals surface area contributed by atoms with Crippen LogP contribution in [0, 0.1) is 0 Å². The van der Waals surface area contributed by atoms with Crippen LogP contribution in [0.4, 0.5) is 0 Å². The van der Waals surface area contributed by atoms with Gasteiger partial charge in [0.25, 0.3) is 11.8 Å². The fourth-order valence-corrected chi connectivity index (χ4v) is 3.13. The number of hydrogen-bond donors (Lipinski definition) is 0. The third-order valence-electron chi connectivity index (χ3n) is 4.66. The normalized spacial score (nSPS) is 14.1. The van der Waals surface area contributed by atoms with E-state index < -0.39 is 0 Å². The second kappa shape index (κ2) is 8.04. The number of ether oxygens (including phenoxy) is 1. The second-order valence-electron chi connectivity index (χ2n) is 6.44. The van der Waals surface area contributed by atoms with Gasteiger partial charge in [-0.1, -0.05) is 18.2 Å². The van der Waals surface area contributed by atoms with Gasteiger partial charge in [-0.3, -0.25) is 9.59 Å². The van der Waals surface area contributed by atoms with E-state index in [1.165, 1.54) is 12.5 Å². The van der Waals surface area contributed by atoms with Gasteiger partial charge < -0.3 is 23.4 Å². The van der Waals surface area contributed by atoms with E-state index in [2.05, 4.69) is 0 Å². The molecule has 1 saturated heterocycles. The smallest absolute Gasteiger partial charge is 0.290 e. The Kier molecular flexibility index (Phi) is 5.14. The topological polar surface area (TPSA) is 76.1 Å². The van der Waals surface area contributed by atoms with Crippen LogP contribution in [0.2, 0.25) is 0 Å². The molecule has 3 aromatic rings. The summed E-state index contributed by atoms with van der Waals surface area (Å²) in [5.74, 6) is 0.967. The van der Waals surface area contributed by atoms with Crippen molar-refractivity contribution in [3.05, 3.63) is 78.1 Å². The molecule has 2 aromatic heterocycles. The predicted octanol–water partition coefficient (Wildman–Crippen LogP) is 3.05. The zero-order valence-corrected chi connectivity index (χ0v) is 15.2. The molecule has 0 unspecified atom stereocenters. The van der Waals surface area contributed by atoms with Crippen LogP contribution in [0.1, 0.15) is 26.7 Å². The Labute approximate surface area is 162 Å². The van der Waals surface area contributed by atoms with E-state index in [1.807, 2.05) is 30.3 Å². The van der Waals surface area contributed by atoms with Gasteiger partial charge in [0, 0.05) is 31.7 Å². The molecule has 3 heterocycles. The molecule has 1 aliphatic rings. The molecular formula is C21H20N2O5. The molecule has 4 rings (SSSR count). The zero-order chi connectivity index (χ0) is 19.3. The first kappa shape index (κ1) is 17.9. The Morgan fingerprint density at radius 2 is 1.54 bits per heavy atom. The van der Waals surface area contributed by atoms with Gasteiger partial charge in [-0.05, 0) is 30.3 Å². The Balaban J connectivity index is 1.36. The van der Waals surface area contributed by atoms with Crippen molar-refractivity contribution in [1.82, 2.24) is 9.80 Å². The monoisotopic (exact) mass is 380 g/mol. The number of nitrogens with zero attached hydrogens (tertiary/aromatic N) is 2.